The zero-order valence-electron chi connectivity index (χ0n) is 19.4. The fourth-order valence-electron chi connectivity index (χ4n) is 5.38. The van der Waals surface area contributed by atoms with Crippen LogP contribution in [0.15, 0.2) is 48.5 Å². The van der Waals surface area contributed by atoms with Crippen LogP contribution in [0.2, 0.25) is 0 Å². The van der Waals surface area contributed by atoms with Crippen molar-refractivity contribution in [3.05, 3.63) is 54.4 Å². The van der Waals surface area contributed by atoms with Gasteiger partial charge in [0, 0.05) is 24.9 Å². The number of hydrogen-bond donors (Lipinski definition) is 0. The first kappa shape index (κ1) is 21.8. The third-order valence-electron chi connectivity index (χ3n) is 6.94. The fourth-order valence-corrected chi connectivity index (χ4v) is 5.38. The molecule has 1 amide bonds. The average molecular weight is 448 g/mol. The lowest BCUT2D eigenvalue weighted by molar-refractivity contribution is -0.130. The quantitative estimate of drug-likeness (QED) is 0.478. The summed E-state index contributed by atoms with van der Waals surface area (Å²) in [6.07, 6.45) is 6.60. The Labute approximate surface area is 195 Å². The van der Waals surface area contributed by atoms with Gasteiger partial charge in [-0.25, -0.2) is 4.98 Å². The number of hydrogen-bond acceptors (Lipinski definition) is 4. The van der Waals surface area contributed by atoms with Crippen LogP contribution in [0.3, 0.4) is 0 Å². The lowest BCUT2D eigenvalue weighted by Crippen LogP contribution is -2.37. The highest BCUT2D eigenvalue weighted by Crippen LogP contribution is 2.34. The maximum absolute atomic E-state index is 12.9. The highest BCUT2D eigenvalue weighted by atomic mass is 16.5. The monoisotopic (exact) mass is 447 g/mol. The molecule has 0 bridgehead atoms. The smallest absolute Gasteiger partial charge is 0.223 e. The van der Waals surface area contributed by atoms with Gasteiger partial charge in [-0.15, -0.1) is 0 Å². The summed E-state index contributed by atoms with van der Waals surface area (Å²) in [5.74, 6) is 2.93. The number of fused-ring (bicyclic) bond motifs is 1. The second kappa shape index (κ2) is 9.86. The first-order valence-electron chi connectivity index (χ1n) is 12.3. The van der Waals surface area contributed by atoms with Crippen molar-refractivity contribution < 1.29 is 14.3 Å². The van der Waals surface area contributed by atoms with E-state index in [0.29, 0.717) is 32.2 Å². The molecule has 174 valence electrons. The first-order valence-corrected chi connectivity index (χ1v) is 12.3. The van der Waals surface area contributed by atoms with Crippen molar-refractivity contribution in [1.82, 2.24) is 14.5 Å². The van der Waals surface area contributed by atoms with Gasteiger partial charge in [-0.05, 0) is 44.0 Å². The molecule has 1 atom stereocenters. The number of imidazole rings is 1. The van der Waals surface area contributed by atoms with Gasteiger partial charge >= 0.3 is 0 Å². The van der Waals surface area contributed by atoms with Gasteiger partial charge in [0.1, 0.15) is 12.4 Å². The Morgan fingerprint density at radius 3 is 2.48 bits per heavy atom. The summed E-state index contributed by atoms with van der Waals surface area (Å²) < 4.78 is 14.1. The van der Waals surface area contributed by atoms with Gasteiger partial charge in [-0.1, -0.05) is 43.5 Å². The zero-order chi connectivity index (χ0) is 22.6. The molecule has 2 aromatic carbocycles. The van der Waals surface area contributed by atoms with E-state index >= 15 is 0 Å². The number of rotatable bonds is 8. The van der Waals surface area contributed by atoms with Crippen LogP contribution in [-0.4, -0.2) is 46.2 Å². The summed E-state index contributed by atoms with van der Waals surface area (Å²) in [4.78, 5) is 20.1. The van der Waals surface area contributed by atoms with Crippen molar-refractivity contribution in [2.45, 2.75) is 64.0 Å². The van der Waals surface area contributed by atoms with E-state index in [-0.39, 0.29) is 11.8 Å². The normalized spacial score (nSPS) is 19.4. The van der Waals surface area contributed by atoms with E-state index in [9.17, 15) is 4.79 Å². The molecule has 2 aliphatic rings. The molecule has 1 aliphatic carbocycles. The predicted molar refractivity (Wildman–Crippen MR) is 129 cm³/mol. The summed E-state index contributed by atoms with van der Waals surface area (Å²) in [5.41, 5.74) is 2.07. The van der Waals surface area contributed by atoms with E-state index < -0.39 is 0 Å². The molecule has 1 aliphatic heterocycles. The van der Waals surface area contributed by atoms with Crippen molar-refractivity contribution in [1.29, 1.82) is 0 Å². The van der Waals surface area contributed by atoms with Crippen molar-refractivity contribution in [2.75, 3.05) is 19.8 Å². The van der Waals surface area contributed by atoms with Gasteiger partial charge < -0.3 is 18.9 Å². The van der Waals surface area contributed by atoms with Crippen LogP contribution in [0.4, 0.5) is 0 Å². The molecule has 33 heavy (non-hydrogen) atoms. The molecule has 2 heterocycles. The molecule has 1 unspecified atom stereocenters. The summed E-state index contributed by atoms with van der Waals surface area (Å²) >= 11 is 0. The van der Waals surface area contributed by atoms with E-state index in [2.05, 4.69) is 21.6 Å². The number of benzene rings is 2. The Hall–Kier alpha value is -3.02. The summed E-state index contributed by atoms with van der Waals surface area (Å²) in [5, 5.41) is 0. The van der Waals surface area contributed by atoms with Gasteiger partial charge in [0.25, 0.3) is 0 Å². The molecular weight excluding hydrogens is 414 g/mol. The fraction of sp³-hybridized carbons (Fsp3) is 0.481. The maximum Gasteiger partial charge on any atom is 0.223 e. The van der Waals surface area contributed by atoms with Crippen molar-refractivity contribution in [3.63, 3.8) is 0 Å². The second-order valence-corrected chi connectivity index (χ2v) is 9.08. The number of nitrogens with zero attached hydrogens (tertiary/aromatic N) is 3. The Bertz CT molecular complexity index is 1100. The van der Waals surface area contributed by atoms with E-state index in [0.717, 1.165) is 47.7 Å². The zero-order valence-corrected chi connectivity index (χ0v) is 19.4. The van der Waals surface area contributed by atoms with Gasteiger partial charge in [0.15, 0.2) is 11.5 Å². The number of para-hydroxylation sites is 4. The molecule has 0 spiro atoms. The number of amides is 1. The maximum atomic E-state index is 12.9. The third-order valence-corrected chi connectivity index (χ3v) is 6.94. The molecule has 6 heteroatoms. The van der Waals surface area contributed by atoms with Crippen LogP contribution < -0.4 is 9.47 Å². The highest BCUT2D eigenvalue weighted by Gasteiger charge is 2.37. The van der Waals surface area contributed by atoms with Gasteiger partial charge in [0.2, 0.25) is 5.91 Å². The number of likely N-dealkylation sites (tertiary alicyclic amines) is 1. The topological polar surface area (TPSA) is 56.6 Å². The van der Waals surface area contributed by atoms with Crippen LogP contribution in [0, 0.1) is 0 Å². The predicted octanol–water partition coefficient (Wildman–Crippen LogP) is 5.16. The Balaban J connectivity index is 1.35. The molecule has 0 radical (unpaired) electrons. The molecule has 2 fully saturated rings. The van der Waals surface area contributed by atoms with Crippen LogP contribution in [0.5, 0.6) is 11.5 Å². The molecule has 0 N–H and O–H groups in total. The van der Waals surface area contributed by atoms with Crippen LogP contribution >= 0.6 is 0 Å². The highest BCUT2D eigenvalue weighted by molar-refractivity contribution is 5.81. The molecule has 6 nitrogen and oxygen atoms in total. The van der Waals surface area contributed by atoms with E-state index in [1.54, 1.807) is 0 Å². The summed E-state index contributed by atoms with van der Waals surface area (Å²) in [6.45, 7) is 4.53. The molecule has 1 aromatic heterocycles. The number of carbonyl (C=O) groups excluding carboxylic acids is 1. The second-order valence-electron chi connectivity index (χ2n) is 9.08. The molecular formula is C27H33N3O3. The van der Waals surface area contributed by atoms with Gasteiger partial charge in [0.05, 0.1) is 24.2 Å². The van der Waals surface area contributed by atoms with Crippen LogP contribution in [-0.2, 0) is 11.3 Å². The minimum absolute atomic E-state index is 0.127. The number of aromatic nitrogens is 2. The minimum Gasteiger partial charge on any atom is -0.490 e. The third kappa shape index (κ3) is 4.56. The molecule has 1 saturated heterocycles. The largest absolute Gasteiger partial charge is 0.490 e. The van der Waals surface area contributed by atoms with E-state index in [1.807, 2.05) is 43.3 Å². The van der Waals surface area contributed by atoms with E-state index in [1.165, 1.54) is 19.3 Å². The lowest BCUT2D eigenvalue weighted by Gasteiger charge is -2.31. The van der Waals surface area contributed by atoms with Crippen molar-refractivity contribution in [3.8, 4) is 11.5 Å². The standard InChI is InChI=1S/C27H33N3O3/c1-2-32-24-14-8-9-15-25(24)33-17-16-29-23-13-7-6-12-22(23)28-27(29)20-18-26(31)30(19-20)21-10-4-3-5-11-21/h6-9,12-15,20-21H,2-5,10-11,16-19H2,1H3. The van der Waals surface area contributed by atoms with Gasteiger partial charge in [-0.2, -0.15) is 0 Å². The van der Waals surface area contributed by atoms with Crippen LogP contribution in [0.25, 0.3) is 11.0 Å². The lowest BCUT2D eigenvalue weighted by atomic mass is 9.94. The SMILES string of the molecule is CCOc1ccccc1OCCn1c(C2CC(=O)N(C3CCCCC3)C2)nc2ccccc21. The van der Waals surface area contributed by atoms with Gasteiger partial charge in [-0.3, -0.25) is 4.79 Å². The summed E-state index contributed by atoms with van der Waals surface area (Å²) in [7, 11) is 0. The van der Waals surface area contributed by atoms with Crippen molar-refractivity contribution >= 4 is 16.9 Å². The Morgan fingerprint density at radius 2 is 1.70 bits per heavy atom. The van der Waals surface area contributed by atoms with Crippen molar-refractivity contribution in [2.24, 2.45) is 0 Å². The first-order chi connectivity index (χ1) is 16.2. The molecule has 3 aromatic rings. The van der Waals surface area contributed by atoms with E-state index in [4.69, 9.17) is 14.5 Å². The Kier molecular flexibility index (Phi) is 6.51. The molecule has 5 rings (SSSR count). The molecule has 1 saturated carbocycles. The number of ether oxygens (including phenoxy) is 2. The Morgan fingerprint density at radius 1 is 0.970 bits per heavy atom. The average Bonchev–Trinajstić information content (AvgIpc) is 3.41. The number of carbonyl (C=O) groups is 1. The minimum atomic E-state index is 0.127. The van der Waals surface area contributed by atoms with Crippen LogP contribution in [0.1, 0.15) is 57.2 Å². The summed E-state index contributed by atoms with van der Waals surface area (Å²) in [6, 6.07) is 16.4.